The molecule has 28 heavy (non-hydrogen) atoms. The number of carbonyl (C=O) groups excluding carboxylic acids is 1. The second-order valence-electron chi connectivity index (χ2n) is 6.12. The van der Waals surface area contributed by atoms with Gasteiger partial charge in [0.05, 0.1) is 23.0 Å². The number of nitrogens with one attached hydrogen (secondary N) is 1. The van der Waals surface area contributed by atoms with Crippen LogP contribution in [0.2, 0.25) is 0 Å². The summed E-state index contributed by atoms with van der Waals surface area (Å²) >= 11 is 1.30. The molecule has 0 bridgehead atoms. The molecule has 1 amide bonds. The Morgan fingerprint density at radius 2 is 1.93 bits per heavy atom. The van der Waals surface area contributed by atoms with Gasteiger partial charge < -0.3 is 4.74 Å². The van der Waals surface area contributed by atoms with Crippen molar-refractivity contribution in [2.24, 2.45) is 0 Å². The molecule has 0 fully saturated rings. The van der Waals surface area contributed by atoms with Crippen LogP contribution in [0.25, 0.3) is 15.9 Å². The molecule has 0 saturated heterocycles. The number of hydrogen-bond acceptors (Lipinski definition) is 6. The van der Waals surface area contributed by atoms with Gasteiger partial charge in [-0.1, -0.05) is 29.0 Å². The van der Waals surface area contributed by atoms with Crippen molar-refractivity contribution in [1.82, 2.24) is 14.8 Å². The summed E-state index contributed by atoms with van der Waals surface area (Å²) in [5, 5.41) is 7.25. The zero-order valence-electron chi connectivity index (χ0n) is 15.2. The summed E-state index contributed by atoms with van der Waals surface area (Å²) in [4.78, 5) is 29.2. The number of methoxy groups -OCH3 is 1. The minimum Gasteiger partial charge on any atom is -0.497 e. The molecule has 0 aliphatic heterocycles. The number of amides is 1. The van der Waals surface area contributed by atoms with E-state index in [0.717, 1.165) is 21.5 Å². The number of anilines is 1. The van der Waals surface area contributed by atoms with Gasteiger partial charge in [-0.05, 0) is 37.3 Å². The smallest absolute Gasteiger partial charge is 0.281 e. The van der Waals surface area contributed by atoms with E-state index in [0.29, 0.717) is 10.9 Å². The summed E-state index contributed by atoms with van der Waals surface area (Å²) in [6.07, 6.45) is 1.54. The van der Waals surface area contributed by atoms with Crippen molar-refractivity contribution in [1.29, 1.82) is 0 Å². The van der Waals surface area contributed by atoms with Gasteiger partial charge >= 0.3 is 0 Å². The van der Waals surface area contributed by atoms with E-state index in [-0.39, 0.29) is 5.69 Å². The molecule has 4 aromatic rings. The first-order valence-electron chi connectivity index (χ1n) is 8.46. The van der Waals surface area contributed by atoms with Gasteiger partial charge in [0.1, 0.15) is 5.75 Å². The molecule has 8 heteroatoms. The van der Waals surface area contributed by atoms with Crippen LogP contribution in [0.3, 0.4) is 0 Å². The Bertz CT molecular complexity index is 1230. The highest BCUT2D eigenvalue weighted by Crippen LogP contribution is 2.29. The van der Waals surface area contributed by atoms with Crippen molar-refractivity contribution in [3.05, 3.63) is 76.2 Å². The minimum absolute atomic E-state index is 0.195. The Labute approximate surface area is 164 Å². The van der Waals surface area contributed by atoms with Gasteiger partial charge in [0.25, 0.3) is 5.91 Å². The first-order chi connectivity index (χ1) is 13.5. The summed E-state index contributed by atoms with van der Waals surface area (Å²) in [5.74, 6) is 0.109. The predicted molar refractivity (Wildman–Crippen MR) is 109 cm³/mol. The molecule has 1 N–H and O–H groups in total. The molecule has 2 heterocycles. The van der Waals surface area contributed by atoms with Gasteiger partial charge in [0.2, 0.25) is 5.43 Å². The van der Waals surface area contributed by atoms with Gasteiger partial charge in [-0.15, -0.1) is 0 Å². The molecular formula is C20H16N4O3S. The van der Waals surface area contributed by atoms with E-state index < -0.39 is 11.3 Å². The SMILES string of the molecule is COc1ccc2nc(NC(=O)c3nn(-c4ccc(C)cc4)ccc3=O)sc2c1. The van der Waals surface area contributed by atoms with Crippen LogP contribution in [0.15, 0.2) is 59.5 Å². The minimum atomic E-state index is -0.600. The Kier molecular flexibility index (Phi) is 4.62. The fraction of sp³-hybridized carbons (Fsp3) is 0.100. The van der Waals surface area contributed by atoms with Crippen molar-refractivity contribution >= 4 is 32.6 Å². The largest absolute Gasteiger partial charge is 0.497 e. The first kappa shape index (κ1) is 17.9. The lowest BCUT2D eigenvalue weighted by Crippen LogP contribution is -2.25. The number of carbonyl (C=O) groups is 1. The topological polar surface area (TPSA) is 86.1 Å². The van der Waals surface area contributed by atoms with Crippen LogP contribution >= 0.6 is 11.3 Å². The van der Waals surface area contributed by atoms with Crippen LogP contribution in [0, 0.1) is 6.92 Å². The summed E-state index contributed by atoms with van der Waals surface area (Å²) in [5.41, 5.74) is 1.95. The number of benzene rings is 2. The third kappa shape index (κ3) is 3.49. The van der Waals surface area contributed by atoms with E-state index in [4.69, 9.17) is 4.74 Å². The Morgan fingerprint density at radius 1 is 1.14 bits per heavy atom. The summed E-state index contributed by atoms with van der Waals surface area (Å²) in [6.45, 7) is 1.98. The van der Waals surface area contributed by atoms with Crippen molar-refractivity contribution < 1.29 is 9.53 Å². The maximum atomic E-state index is 12.6. The molecule has 0 atom stereocenters. The molecule has 2 aromatic heterocycles. The second kappa shape index (κ2) is 7.24. The molecule has 0 spiro atoms. The van der Waals surface area contributed by atoms with Crippen LogP contribution in [0.4, 0.5) is 5.13 Å². The summed E-state index contributed by atoms with van der Waals surface area (Å²) < 4.78 is 7.56. The first-order valence-corrected chi connectivity index (χ1v) is 9.28. The third-order valence-corrected chi connectivity index (χ3v) is 5.07. The number of hydrogen-bond donors (Lipinski definition) is 1. The molecule has 0 aliphatic rings. The summed E-state index contributed by atoms with van der Waals surface area (Å²) in [7, 11) is 1.59. The zero-order valence-corrected chi connectivity index (χ0v) is 16.0. The maximum Gasteiger partial charge on any atom is 0.281 e. The molecule has 2 aromatic carbocycles. The maximum absolute atomic E-state index is 12.6. The molecule has 7 nitrogen and oxygen atoms in total. The highest BCUT2D eigenvalue weighted by atomic mass is 32.1. The predicted octanol–water partition coefficient (Wildman–Crippen LogP) is 3.41. The van der Waals surface area contributed by atoms with Gasteiger partial charge in [0.15, 0.2) is 10.8 Å². The number of rotatable bonds is 4. The number of aryl methyl sites for hydroxylation is 1. The van der Waals surface area contributed by atoms with Crippen molar-refractivity contribution in [3.8, 4) is 11.4 Å². The van der Waals surface area contributed by atoms with Gasteiger partial charge in [-0.25, -0.2) is 9.67 Å². The number of fused-ring (bicyclic) bond motifs is 1. The lowest BCUT2D eigenvalue weighted by atomic mass is 10.2. The van der Waals surface area contributed by atoms with E-state index in [1.807, 2.05) is 43.3 Å². The van der Waals surface area contributed by atoms with E-state index in [9.17, 15) is 9.59 Å². The van der Waals surface area contributed by atoms with E-state index in [1.165, 1.54) is 28.3 Å². The quantitative estimate of drug-likeness (QED) is 0.575. The third-order valence-electron chi connectivity index (χ3n) is 4.14. The second-order valence-corrected chi connectivity index (χ2v) is 7.15. The Hall–Kier alpha value is -3.52. The lowest BCUT2D eigenvalue weighted by molar-refractivity contribution is 0.101. The van der Waals surface area contributed by atoms with E-state index in [1.54, 1.807) is 13.2 Å². The van der Waals surface area contributed by atoms with Gasteiger partial charge in [-0.3, -0.25) is 14.9 Å². The van der Waals surface area contributed by atoms with Crippen molar-refractivity contribution in [2.75, 3.05) is 12.4 Å². The van der Waals surface area contributed by atoms with E-state index >= 15 is 0 Å². The standard InChI is InChI=1S/C20H16N4O3S/c1-12-3-5-13(6-4-12)24-10-9-16(25)18(23-24)19(26)22-20-21-15-8-7-14(27-2)11-17(15)28-20/h3-11H,1-2H3,(H,21,22,26). The average Bonchev–Trinajstić information content (AvgIpc) is 3.10. The molecule has 0 saturated carbocycles. The molecule has 0 unspecified atom stereocenters. The molecule has 4 rings (SSSR count). The molecular weight excluding hydrogens is 376 g/mol. The lowest BCUT2D eigenvalue weighted by Gasteiger charge is -2.07. The van der Waals surface area contributed by atoms with Gasteiger partial charge in [0, 0.05) is 12.3 Å². The van der Waals surface area contributed by atoms with Crippen LogP contribution in [-0.2, 0) is 0 Å². The molecule has 0 radical (unpaired) electrons. The fourth-order valence-corrected chi connectivity index (χ4v) is 3.54. The monoisotopic (exact) mass is 392 g/mol. The number of thiazole rings is 1. The number of ether oxygens (including phenoxy) is 1. The zero-order chi connectivity index (χ0) is 19.7. The summed E-state index contributed by atoms with van der Waals surface area (Å²) in [6, 6.07) is 14.4. The molecule has 140 valence electrons. The normalized spacial score (nSPS) is 10.8. The van der Waals surface area contributed by atoms with Crippen molar-refractivity contribution in [3.63, 3.8) is 0 Å². The number of aromatic nitrogens is 3. The highest BCUT2D eigenvalue weighted by molar-refractivity contribution is 7.22. The van der Waals surface area contributed by atoms with Crippen molar-refractivity contribution in [2.45, 2.75) is 6.92 Å². The van der Waals surface area contributed by atoms with Crippen LogP contribution in [0.1, 0.15) is 16.1 Å². The van der Waals surface area contributed by atoms with Gasteiger partial charge in [-0.2, -0.15) is 5.10 Å². The van der Waals surface area contributed by atoms with Crippen LogP contribution in [-0.4, -0.2) is 27.8 Å². The van der Waals surface area contributed by atoms with Crippen LogP contribution < -0.4 is 15.5 Å². The molecule has 0 aliphatic carbocycles. The number of nitrogens with zero attached hydrogens (tertiary/aromatic N) is 3. The highest BCUT2D eigenvalue weighted by Gasteiger charge is 2.16. The average molecular weight is 392 g/mol. The fourth-order valence-electron chi connectivity index (χ4n) is 2.65. The van der Waals surface area contributed by atoms with E-state index in [2.05, 4.69) is 15.4 Å². The Morgan fingerprint density at radius 3 is 2.68 bits per heavy atom. The van der Waals surface area contributed by atoms with Crippen LogP contribution in [0.5, 0.6) is 5.75 Å². The Balaban J connectivity index is 1.63.